The summed E-state index contributed by atoms with van der Waals surface area (Å²) in [6, 6.07) is 19.5. The lowest BCUT2D eigenvalue weighted by Gasteiger charge is -2.24. The number of hydrogen-bond acceptors (Lipinski definition) is 3. The fourth-order valence-electron chi connectivity index (χ4n) is 3.35. The Balaban J connectivity index is 1.87. The molecule has 0 spiro atoms. The minimum atomic E-state index is -4.53. The average Bonchev–Trinajstić information content (AvgIpc) is 3.08. The van der Waals surface area contributed by atoms with Gasteiger partial charge in [0.1, 0.15) is 0 Å². The first kappa shape index (κ1) is 20.9. The van der Waals surface area contributed by atoms with Gasteiger partial charge in [-0.3, -0.25) is 0 Å². The SMILES string of the molecule is Cn1c(N(Cc2cccc(C(F)(F)F)c2)S(=O)(=O)c2ccccc2)nc2ccccc21. The normalized spacial score (nSPS) is 12.3. The highest BCUT2D eigenvalue weighted by Gasteiger charge is 2.32. The summed E-state index contributed by atoms with van der Waals surface area (Å²) in [6.07, 6.45) is -4.53. The predicted octanol–water partition coefficient (Wildman–Crippen LogP) is 4.99. The van der Waals surface area contributed by atoms with Gasteiger partial charge >= 0.3 is 6.18 Å². The van der Waals surface area contributed by atoms with Crippen molar-refractivity contribution >= 4 is 27.0 Å². The molecule has 1 heterocycles. The highest BCUT2D eigenvalue weighted by Crippen LogP contribution is 2.32. The number of benzene rings is 3. The molecule has 5 nitrogen and oxygen atoms in total. The second kappa shape index (κ2) is 7.73. The lowest BCUT2D eigenvalue weighted by Crippen LogP contribution is -2.32. The molecule has 0 saturated carbocycles. The Hall–Kier alpha value is -3.33. The fraction of sp³-hybridized carbons (Fsp3) is 0.136. The van der Waals surface area contributed by atoms with Crippen molar-refractivity contribution in [1.82, 2.24) is 9.55 Å². The molecule has 0 atom stereocenters. The lowest BCUT2D eigenvalue weighted by molar-refractivity contribution is -0.137. The number of aromatic nitrogens is 2. The molecule has 0 bridgehead atoms. The number of fused-ring (bicyclic) bond motifs is 1. The Morgan fingerprint density at radius 2 is 1.61 bits per heavy atom. The van der Waals surface area contributed by atoms with Crippen molar-refractivity contribution in [3.05, 3.63) is 90.0 Å². The monoisotopic (exact) mass is 445 g/mol. The Morgan fingerprint density at radius 3 is 2.29 bits per heavy atom. The summed E-state index contributed by atoms with van der Waals surface area (Å²) in [5.41, 5.74) is 0.639. The van der Waals surface area contributed by atoms with Crippen molar-refractivity contribution in [3.8, 4) is 0 Å². The maximum absolute atomic E-state index is 13.5. The maximum atomic E-state index is 13.5. The van der Waals surface area contributed by atoms with Gasteiger partial charge in [0.05, 0.1) is 28.0 Å². The van der Waals surface area contributed by atoms with E-state index in [4.69, 9.17) is 0 Å². The van der Waals surface area contributed by atoms with E-state index in [1.165, 1.54) is 24.3 Å². The van der Waals surface area contributed by atoms with Gasteiger partial charge in [-0.15, -0.1) is 0 Å². The molecule has 0 aliphatic carbocycles. The van der Waals surface area contributed by atoms with Crippen LogP contribution in [0.2, 0.25) is 0 Å². The molecule has 0 unspecified atom stereocenters. The highest BCUT2D eigenvalue weighted by molar-refractivity contribution is 7.92. The zero-order valence-electron chi connectivity index (χ0n) is 16.4. The van der Waals surface area contributed by atoms with E-state index >= 15 is 0 Å². The standard InChI is InChI=1S/C22H18F3N3O2S/c1-27-20-13-6-5-12-19(20)26-21(27)28(31(29,30)18-10-3-2-4-11-18)15-16-8-7-9-17(14-16)22(23,24)25/h2-14H,15H2,1H3. The van der Waals surface area contributed by atoms with Gasteiger partial charge in [0.15, 0.2) is 0 Å². The molecule has 0 amide bonds. The summed E-state index contributed by atoms with van der Waals surface area (Å²) in [5, 5.41) is 0. The van der Waals surface area contributed by atoms with Gasteiger partial charge in [0, 0.05) is 7.05 Å². The van der Waals surface area contributed by atoms with Crippen LogP contribution in [-0.2, 0) is 29.8 Å². The van der Waals surface area contributed by atoms with Crippen LogP contribution in [-0.4, -0.2) is 18.0 Å². The summed E-state index contributed by atoms with van der Waals surface area (Å²) in [7, 11) is -2.43. The van der Waals surface area contributed by atoms with Crippen LogP contribution in [0.1, 0.15) is 11.1 Å². The number of imidazole rings is 1. The van der Waals surface area contributed by atoms with Gasteiger partial charge < -0.3 is 4.57 Å². The summed E-state index contributed by atoms with van der Waals surface area (Å²) in [4.78, 5) is 4.48. The van der Waals surface area contributed by atoms with Crippen LogP contribution >= 0.6 is 0 Å². The number of aryl methyl sites for hydroxylation is 1. The van der Waals surface area contributed by atoms with E-state index in [0.29, 0.717) is 11.0 Å². The number of halogens is 3. The molecule has 0 saturated heterocycles. The Labute approximate surface area is 177 Å². The molecule has 0 radical (unpaired) electrons. The summed E-state index contributed by atoms with van der Waals surface area (Å²) < 4.78 is 69.2. The van der Waals surface area contributed by atoms with Gasteiger partial charge in [-0.2, -0.15) is 13.2 Å². The number of para-hydroxylation sites is 2. The second-order valence-electron chi connectivity index (χ2n) is 6.98. The summed E-state index contributed by atoms with van der Waals surface area (Å²) in [6.45, 7) is -0.307. The predicted molar refractivity (Wildman–Crippen MR) is 112 cm³/mol. The Morgan fingerprint density at radius 1 is 0.935 bits per heavy atom. The van der Waals surface area contributed by atoms with Gasteiger partial charge in [0.25, 0.3) is 10.0 Å². The number of alkyl halides is 3. The molecular weight excluding hydrogens is 427 g/mol. The van der Waals surface area contributed by atoms with E-state index in [2.05, 4.69) is 4.98 Å². The third-order valence-corrected chi connectivity index (χ3v) is 6.64. The fourth-order valence-corrected chi connectivity index (χ4v) is 4.80. The van der Waals surface area contributed by atoms with Crippen molar-refractivity contribution in [3.63, 3.8) is 0 Å². The van der Waals surface area contributed by atoms with Crippen molar-refractivity contribution < 1.29 is 21.6 Å². The van der Waals surface area contributed by atoms with Gasteiger partial charge in [-0.25, -0.2) is 17.7 Å². The molecule has 0 aliphatic rings. The van der Waals surface area contributed by atoms with Crippen molar-refractivity contribution in [2.75, 3.05) is 4.31 Å². The first-order chi connectivity index (χ1) is 14.7. The number of anilines is 1. The molecule has 160 valence electrons. The van der Waals surface area contributed by atoms with E-state index in [0.717, 1.165) is 16.4 Å². The smallest absolute Gasteiger partial charge is 0.312 e. The van der Waals surface area contributed by atoms with Gasteiger partial charge in [-0.05, 0) is 42.0 Å². The highest BCUT2D eigenvalue weighted by atomic mass is 32.2. The first-order valence-electron chi connectivity index (χ1n) is 9.33. The molecule has 4 aromatic rings. The zero-order chi connectivity index (χ0) is 22.2. The number of nitrogens with zero attached hydrogens (tertiary/aromatic N) is 3. The molecule has 4 rings (SSSR count). The zero-order valence-corrected chi connectivity index (χ0v) is 17.2. The Kier molecular flexibility index (Phi) is 5.22. The van der Waals surface area contributed by atoms with Gasteiger partial charge in [-0.1, -0.05) is 42.5 Å². The largest absolute Gasteiger partial charge is 0.416 e. The first-order valence-corrected chi connectivity index (χ1v) is 10.8. The van der Waals surface area contributed by atoms with Crippen molar-refractivity contribution in [2.24, 2.45) is 7.05 Å². The molecule has 0 aliphatic heterocycles. The quantitative estimate of drug-likeness (QED) is 0.435. The van der Waals surface area contributed by atoms with Crippen LogP contribution in [0, 0.1) is 0 Å². The molecule has 0 fully saturated rings. The lowest BCUT2D eigenvalue weighted by atomic mass is 10.1. The molecule has 31 heavy (non-hydrogen) atoms. The Bertz CT molecular complexity index is 1330. The third kappa shape index (κ3) is 4.00. The second-order valence-corrected chi connectivity index (χ2v) is 8.84. The van der Waals surface area contributed by atoms with Crippen LogP contribution in [0.3, 0.4) is 0 Å². The number of rotatable bonds is 5. The van der Waals surface area contributed by atoms with E-state index < -0.39 is 21.8 Å². The van der Waals surface area contributed by atoms with E-state index in [-0.39, 0.29) is 23.0 Å². The summed E-state index contributed by atoms with van der Waals surface area (Å²) >= 11 is 0. The molecule has 1 aromatic heterocycles. The minimum absolute atomic E-state index is 0.0223. The minimum Gasteiger partial charge on any atom is -0.312 e. The van der Waals surface area contributed by atoms with Crippen molar-refractivity contribution in [1.29, 1.82) is 0 Å². The maximum Gasteiger partial charge on any atom is 0.416 e. The van der Waals surface area contributed by atoms with Crippen LogP contribution in [0.5, 0.6) is 0 Å². The van der Waals surface area contributed by atoms with Crippen molar-refractivity contribution in [2.45, 2.75) is 17.6 Å². The molecular formula is C22H18F3N3O2S. The van der Waals surface area contributed by atoms with Crippen LogP contribution in [0.25, 0.3) is 11.0 Å². The van der Waals surface area contributed by atoms with E-state index in [1.807, 2.05) is 0 Å². The molecule has 0 N–H and O–H groups in total. The number of sulfonamides is 1. The van der Waals surface area contributed by atoms with Crippen LogP contribution < -0.4 is 4.31 Å². The van der Waals surface area contributed by atoms with Crippen LogP contribution in [0.4, 0.5) is 19.1 Å². The van der Waals surface area contributed by atoms with Gasteiger partial charge in [0.2, 0.25) is 5.95 Å². The number of hydrogen-bond donors (Lipinski definition) is 0. The molecule has 3 aromatic carbocycles. The molecule has 9 heteroatoms. The third-order valence-electron chi connectivity index (χ3n) is 4.90. The summed E-state index contributed by atoms with van der Waals surface area (Å²) in [5.74, 6) is 0.113. The van der Waals surface area contributed by atoms with E-state index in [9.17, 15) is 21.6 Å². The van der Waals surface area contributed by atoms with Crippen LogP contribution in [0.15, 0.2) is 83.8 Å². The van der Waals surface area contributed by atoms with E-state index in [1.54, 1.807) is 54.1 Å². The average molecular weight is 445 g/mol. The topological polar surface area (TPSA) is 55.2 Å².